The summed E-state index contributed by atoms with van der Waals surface area (Å²) in [4.78, 5) is 26.4. The zero-order valence-electron chi connectivity index (χ0n) is 17.9. The quantitative estimate of drug-likeness (QED) is 0.180. The Balaban J connectivity index is 1.90. The molecule has 2 aromatic carbocycles. The Hall–Kier alpha value is -3.49. The Kier molecular flexibility index (Phi) is 7.86. The van der Waals surface area contributed by atoms with E-state index in [4.69, 9.17) is 25.9 Å². The molecule has 0 radical (unpaired) electrons. The van der Waals surface area contributed by atoms with E-state index in [9.17, 15) is 18.0 Å². The Labute approximate surface area is 201 Å². The smallest absolute Gasteiger partial charge is 0.424 e. The number of alkyl halides is 3. The number of oxime groups is 1. The van der Waals surface area contributed by atoms with Crippen molar-refractivity contribution in [2.45, 2.75) is 23.2 Å². The average molecular weight is 510 g/mol. The molecule has 0 spiro atoms. The number of benzene rings is 1. The van der Waals surface area contributed by atoms with Crippen LogP contribution in [0.4, 0.5) is 13.2 Å². The van der Waals surface area contributed by atoms with Gasteiger partial charge >= 0.3 is 12.1 Å². The lowest BCUT2D eigenvalue weighted by atomic mass is 10.1. The predicted molar refractivity (Wildman–Crippen MR) is 117 cm³/mol. The summed E-state index contributed by atoms with van der Waals surface area (Å²) < 4.78 is 49.9. The van der Waals surface area contributed by atoms with Crippen LogP contribution in [-0.4, -0.2) is 35.9 Å². The Morgan fingerprint density at radius 3 is 2.44 bits per heavy atom. The lowest BCUT2D eigenvalue weighted by Gasteiger charge is -2.11. The summed E-state index contributed by atoms with van der Waals surface area (Å²) in [5.74, 6) is -0.515. The van der Waals surface area contributed by atoms with E-state index < -0.39 is 17.7 Å². The number of carbonyl (C=O) groups excluding carboxylic acids is 1. The number of halogens is 4. The van der Waals surface area contributed by atoms with Crippen molar-refractivity contribution in [2.24, 2.45) is 5.16 Å². The van der Waals surface area contributed by atoms with Gasteiger partial charge in [0.05, 0.1) is 36.6 Å². The fourth-order valence-corrected chi connectivity index (χ4v) is 3.86. The Morgan fingerprint density at radius 1 is 1.15 bits per heavy atom. The van der Waals surface area contributed by atoms with Gasteiger partial charge in [-0.05, 0) is 43.0 Å². The summed E-state index contributed by atoms with van der Waals surface area (Å²) in [5.41, 5.74) is -1.64. The third-order valence-corrected chi connectivity index (χ3v) is 5.44. The molecule has 12 heteroatoms. The van der Waals surface area contributed by atoms with E-state index in [1.54, 1.807) is 12.1 Å². The summed E-state index contributed by atoms with van der Waals surface area (Å²) in [5, 5.41) is 3.81. The van der Waals surface area contributed by atoms with E-state index in [0.29, 0.717) is 4.90 Å². The van der Waals surface area contributed by atoms with Gasteiger partial charge in [-0.3, -0.25) is 0 Å². The first kappa shape index (κ1) is 25.1. The van der Waals surface area contributed by atoms with Gasteiger partial charge in [0, 0.05) is 10.5 Å². The fourth-order valence-electron chi connectivity index (χ4n) is 2.64. The van der Waals surface area contributed by atoms with Crippen molar-refractivity contribution in [2.75, 3.05) is 14.2 Å². The first-order valence-corrected chi connectivity index (χ1v) is 10.5. The van der Waals surface area contributed by atoms with Crippen molar-refractivity contribution in [1.82, 2.24) is 9.97 Å². The van der Waals surface area contributed by atoms with Crippen LogP contribution in [0.25, 0.3) is 0 Å². The van der Waals surface area contributed by atoms with Crippen molar-refractivity contribution < 1.29 is 32.3 Å². The fraction of sp³-hybridized carbons (Fsp3) is 0.182. The molecule has 0 atom stereocenters. The first-order valence-electron chi connectivity index (χ1n) is 9.33. The zero-order valence-corrected chi connectivity index (χ0v) is 19.4. The molecule has 0 unspecified atom stereocenters. The van der Waals surface area contributed by atoms with Crippen molar-refractivity contribution in [1.29, 1.82) is 0 Å². The lowest BCUT2D eigenvalue weighted by Crippen LogP contribution is -2.12. The molecule has 0 aliphatic rings. The number of carbonyl (C=O) groups is 1. The molecular weight excluding hydrogens is 495 g/mol. The number of aromatic nitrogens is 2. The minimum atomic E-state index is -4.68. The molecule has 1 aromatic heterocycles. The van der Waals surface area contributed by atoms with Crippen LogP contribution in [-0.2, 0) is 11.0 Å². The van der Waals surface area contributed by atoms with E-state index in [-0.39, 0.29) is 38.8 Å². The van der Waals surface area contributed by atoms with Crippen molar-refractivity contribution >= 4 is 35.0 Å². The molecular formula is C22H15ClF3N3O4S. The van der Waals surface area contributed by atoms with Crippen LogP contribution < -0.4 is 9.47 Å². The second kappa shape index (κ2) is 10.6. The van der Waals surface area contributed by atoms with E-state index in [1.807, 2.05) is 6.07 Å². The van der Waals surface area contributed by atoms with Crippen LogP contribution >= 0.6 is 23.4 Å². The minimum Gasteiger partial charge on any atom is -0.481 e. The summed E-state index contributed by atoms with van der Waals surface area (Å²) in [6.45, 7) is 1.27. The third-order valence-electron chi connectivity index (χ3n) is 4.20. The Morgan fingerprint density at radius 2 is 1.82 bits per heavy atom. The maximum Gasteiger partial charge on any atom is 0.424 e. The molecule has 0 saturated heterocycles. The molecule has 3 rings (SSSR count). The summed E-state index contributed by atoms with van der Waals surface area (Å²) in [6.07, 6.45) is -4.68. The molecule has 0 aliphatic heterocycles. The van der Waals surface area contributed by atoms with E-state index in [0.717, 1.165) is 17.8 Å². The number of hydrogen-bond donors (Lipinski definition) is 0. The largest absolute Gasteiger partial charge is 0.481 e. The molecule has 176 valence electrons. The predicted octanol–water partition coefficient (Wildman–Crippen LogP) is 5.50. The summed E-state index contributed by atoms with van der Waals surface area (Å²) >= 11 is 7.19. The topological polar surface area (TPSA) is 82.9 Å². The van der Waals surface area contributed by atoms with Crippen molar-refractivity contribution in [3.8, 4) is 11.8 Å². The average Bonchev–Trinajstić information content (AvgIpc) is 2.81. The molecule has 0 saturated carbocycles. The standard InChI is InChI=1S/C22H15ClF3N3O4S/c1-12(13-7-4-5-8-14(13)22(24,25)26)29-33-20(30)19-15(23)9-6-10-16(19)34-21-27-17(31-2)11-18(28-21)32-3/h4,6-7,9-11H,1-3H3/b29-12+. The highest BCUT2D eigenvalue weighted by Gasteiger charge is 2.34. The maximum atomic E-state index is 13.2. The van der Waals surface area contributed by atoms with Crippen LogP contribution in [0.15, 0.2) is 51.6 Å². The third kappa shape index (κ3) is 5.89. The van der Waals surface area contributed by atoms with E-state index in [1.165, 1.54) is 39.3 Å². The van der Waals surface area contributed by atoms with Crippen LogP contribution in [0, 0.1) is 12.1 Å². The Bertz CT molecular complexity index is 1220. The normalized spacial score (nSPS) is 11.6. The van der Waals surface area contributed by atoms with Crippen molar-refractivity contribution in [3.05, 3.63) is 70.2 Å². The molecule has 34 heavy (non-hydrogen) atoms. The number of hydrogen-bond acceptors (Lipinski definition) is 8. The minimum absolute atomic E-state index is 0.0383. The molecule has 3 aromatic rings. The van der Waals surface area contributed by atoms with E-state index in [2.05, 4.69) is 21.2 Å². The highest BCUT2D eigenvalue weighted by Crippen LogP contribution is 2.35. The second-order valence-electron chi connectivity index (χ2n) is 6.39. The van der Waals surface area contributed by atoms with Gasteiger partial charge in [-0.15, -0.1) is 0 Å². The SMILES string of the molecule is COc1cc(OC)nc(Sc2cccc(Cl)c2C(=O)O/N=C(\C)c2ccc#cc2C(F)(F)F)n1. The van der Waals surface area contributed by atoms with Crippen molar-refractivity contribution in [3.63, 3.8) is 0 Å². The van der Waals surface area contributed by atoms with Crippen LogP contribution in [0.3, 0.4) is 0 Å². The molecule has 0 bridgehead atoms. The first-order chi connectivity index (χ1) is 16.1. The second-order valence-corrected chi connectivity index (χ2v) is 7.81. The van der Waals surface area contributed by atoms with Crippen LogP contribution in [0.1, 0.15) is 28.4 Å². The number of methoxy groups -OCH3 is 2. The molecule has 0 aliphatic carbocycles. The summed E-state index contributed by atoms with van der Waals surface area (Å²) in [7, 11) is 2.84. The number of rotatable bonds is 7. The van der Waals surface area contributed by atoms with Gasteiger partial charge in [-0.2, -0.15) is 23.1 Å². The summed E-state index contributed by atoms with van der Waals surface area (Å²) in [6, 6.07) is 12.8. The van der Waals surface area contributed by atoms with Gasteiger partial charge < -0.3 is 14.3 Å². The van der Waals surface area contributed by atoms with Gasteiger partial charge in [0.2, 0.25) is 11.8 Å². The van der Waals surface area contributed by atoms with Gasteiger partial charge in [0.15, 0.2) is 5.16 Å². The van der Waals surface area contributed by atoms with Crippen LogP contribution in [0.5, 0.6) is 11.8 Å². The van der Waals surface area contributed by atoms with E-state index >= 15 is 0 Å². The van der Waals surface area contributed by atoms with Gasteiger partial charge in [-0.25, -0.2) is 4.79 Å². The van der Waals surface area contributed by atoms with Gasteiger partial charge in [0.1, 0.15) is 5.56 Å². The highest BCUT2D eigenvalue weighted by molar-refractivity contribution is 7.99. The zero-order chi connectivity index (χ0) is 24.9. The molecule has 0 N–H and O–H groups in total. The molecule has 0 fully saturated rings. The number of ether oxygens (including phenoxy) is 2. The maximum absolute atomic E-state index is 13.2. The van der Waals surface area contributed by atoms with Gasteiger partial charge in [0.25, 0.3) is 0 Å². The molecule has 1 heterocycles. The van der Waals surface area contributed by atoms with Gasteiger partial charge in [-0.1, -0.05) is 35.0 Å². The molecule has 7 nitrogen and oxygen atoms in total. The number of nitrogens with zero attached hydrogens (tertiary/aromatic N) is 3. The molecule has 0 amide bonds. The monoisotopic (exact) mass is 509 g/mol. The highest BCUT2D eigenvalue weighted by atomic mass is 35.5. The van der Waals surface area contributed by atoms with Crippen LogP contribution in [0.2, 0.25) is 5.02 Å². The lowest BCUT2D eigenvalue weighted by molar-refractivity contribution is -0.137.